The molecule has 1 aliphatic heterocycles. The topological polar surface area (TPSA) is 105 Å². The summed E-state index contributed by atoms with van der Waals surface area (Å²) in [7, 11) is 3.70. The van der Waals surface area contributed by atoms with Crippen LogP contribution in [0.1, 0.15) is 20.3 Å². The van der Waals surface area contributed by atoms with Crippen LogP contribution in [0.4, 0.5) is 20.2 Å². The van der Waals surface area contributed by atoms with Gasteiger partial charge in [-0.05, 0) is 73.8 Å². The standard InChI is InChI=1S/C37H41F2N5O5/c1-23-24(2)37(23,35(45)41-26-8-6-25(38)7-9-26)36(46)42-27-10-11-32(29(39)20-27)49-31-12-13-40-30-22-34(33(47-4)21-28(30)31)48-19-5-14-44-17-15-43(3)16-18-44/h6-13,20-24H,5,14-19H2,1-4H3,(H,41,45)(H,42,46)/t23-,24+,37+. The van der Waals surface area contributed by atoms with Crippen molar-refractivity contribution in [2.75, 3.05) is 64.1 Å². The van der Waals surface area contributed by atoms with Crippen LogP contribution in [-0.4, -0.2) is 80.1 Å². The summed E-state index contributed by atoms with van der Waals surface area (Å²) < 4.78 is 46.4. The van der Waals surface area contributed by atoms with E-state index in [2.05, 4.69) is 32.5 Å². The molecular formula is C37H41F2N5O5. The highest BCUT2D eigenvalue weighted by atomic mass is 19.1. The van der Waals surface area contributed by atoms with E-state index in [0.29, 0.717) is 40.4 Å². The molecule has 0 unspecified atom stereocenters. The number of nitrogens with one attached hydrogen (secondary N) is 2. The number of carbonyl (C=O) groups excluding carboxylic acids is 2. The first-order valence-electron chi connectivity index (χ1n) is 16.5. The lowest BCUT2D eigenvalue weighted by atomic mass is 9.99. The maximum atomic E-state index is 15.4. The Morgan fingerprint density at radius 2 is 1.53 bits per heavy atom. The molecule has 2 aliphatic rings. The molecule has 0 bridgehead atoms. The quantitative estimate of drug-likeness (QED) is 0.136. The lowest BCUT2D eigenvalue weighted by Gasteiger charge is -2.32. The summed E-state index contributed by atoms with van der Waals surface area (Å²) >= 11 is 0. The molecule has 1 saturated heterocycles. The highest BCUT2D eigenvalue weighted by molar-refractivity contribution is 6.17. The van der Waals surface area contributed by atoms with E-state index >= 15 is 4.39 Å². The molecule has 10 nitrogen and oxygen atoms in total. The maximum Gasteiger partial charge on any atom is 0.240 e. The molecule has 1 aliphatic carbocycles. The minimum atomic E-state index is -1.36. The third-order valence-corrected chi connectivity index (χ3v) is 9.80. The van der Waals surface area contributed by atoms with E-state index < -0.39 is 28.9 Å². The van der Waals surface area contributed by atoms with Gasteiger partial charge in [-0.3, -0.25) is 14.6 Å². The summed E-state index contributed by atoms with van der Waals surface area (Å²) in [5.74, 6) is -1.36. The number of amides is 2. The van der Waals surface area contributed by atoms with Gasteiger partial charge in [0.2, 0.25) is 11.8 Å². The predicted octanol–water partition coefficient (Wildman–Crippen LogP) is 6.18. The zero-order valence-electron chi connectivity index (χ0n) is 28.1. The zero-order chi connectivity index (χ0) is 34.7. The maximum absolute atomic E-state index is 15.4. The number of benzene rings is 3. The summed E-state index contributed by atoms with van der Waals surface area (Å²) in [5.41, 5.74) is -0.221. The van der Waals surface area contributed by atoms with Crippen LogP contribution in [0.2, 0.25) is 0 Å². The number of hydrogen-bond acceptors (Lipinski definition) is 8. The summed E-state index contributed by atoms with van der Waals surface area (Å²) in [6.07, 6.45) is 2.45. The molecule has 49 heavy (non-hydrogen) atoms. The Kier molecular flexibility index (Phi) is 9.98. The molecule has 3 aromatic carbocycles. The molecule has 2 N–H and O–H groups in total. The first-order valence-corrected chi connectivity index (χ1v) is 16.5. The average molecular weight is 674 g/mol. The molecule has 2 heterocycles. The van der Waals surface area contributed by atoms with Crippen LogP contribution >= 0.6 is 0 Å². The van der Waals surface area contributed by atoms with Gasteiger partial charge in [0.15, 0.2) is 23.1 Å². The molecule has 258 valence electrons. The van der Waals surface area contributed by atoms with Crippen molar-refractivity contribution in [3.63, 3.8) is 0 Å². The molecule has 4 aromatic rings. The number of likely N-dealkylation sites (N-methyl/N-ethyl adjacent to an activating group) is 1. The Morgan fingerprint density at radius 3 is 2.18 bits per heavy atom. The van der Waals surface area contributed by atoms with Gasteiger partial charge >= 0.3 is 0 Å². The monoisotopic (exact) mass is 673 g/mol. The van der Waals surface area contributed by atoms with Gasteiger partial charge in [-0.1, -0.05) is 13.8 Å². The molecule has 0 radical (unpaired) electrons. The normalized spacial score (nSPS) is 20.9. The van der Waals surface area contributed by atoms with Crippen LogP contribution in [0.5, 0.6) is 23.0 Å². The van der Waals surface area contributed by atoms with Crippen LogP contribution in [0.25, 0.3) is 10.9 Å². The molecule has 0 spiro atoms. The van der Waals surface area contributed by atoms with Gasteiger partial charge in [0.05, 0.1) is 19.2 Å². The van der Waals surface area contributed by atoms with Gasteiger partial charge in [-0.2, -0.15) is 0 Å². The number of pyridine rings is 1. The number of halogens is 2. The van der Waals surface area contributed by atoms with E-state index in [0.717, 1.165) is 45.2 Å². The first kappa shape index (κ1) is 34.1. The van der Waals surface area contributed by atoms with E-state index in [1.165, 1.54) is 36.4 Å². The van der Waals surface area contributed by atoms with Crippen molar-refractivity contribution in [3.8, 4) is 23.0 Å². The number of hydrogen-bond donors (Lipinski definition) is 2. The molecular weight excluding hydrogens is 632 g/mol. The van der Waals surface area contributed by atoms with Crippen LogP contribution in [0, 0.1) is 28.9 Å². The smallest absolute Gasteiger partial charge is 0.240 e. The second kappa shape index (κ2) is 14.4. The Morgan fingerprint density at radius 1 is 0.857 bits per heavy atom. The van der Waals surface area contributed by atoms with E-state index in [9.17, 15) is 14.0 Å². The van der Waals surface area contributed by atoms with Crippen LogP contribution in [0.15, 0.2) is 66.9 Å². The number of rotatable bonds is 12. The Bertz CT molecular complexity index is 1820. The number of piperazine rings is 1. The van der Waals surface area contributed by atoms with E-state index in [-0.39, 0.29) is 23.3 Å². The highest BCUT2D eigenvalue weighted by Crippen LogP contribution is 2.59. The number of ether oxygens (including phenoxy) is 3. The molecule has 12 heteroatoms. The fourth-order valence-corrected chi connectivity index (χ4v) is 6.52. The van der Waals surface area contributed by atoms with Gasteiger partial charge in [0.25, 0.3) is 0 Å². The summed E-state index contributed by atoms with van der Waals surface area (Å²) in [5, 5.41) is 6.02. The van der Waals surface area contributed by atoms with E-state index in [1.54, 1.807) is 31.5 Å². The molecule has 2 fully saturated rings. The highest BCUT2D eigenvalue weighted by Gasteiger charge is 2.69. The second-order valence-electron chi connectivity index (χ2n) is 12.8. The Hall–Kier alpha value is -4.81. The molecule has 1 aromatic heterocycles. The van der Waals surface area contributed by atoms with E-state index in [1.807, 2.05) is 13.8 Å². The van der Waals surface area contributed by atoms with Gasteiger partial charge in [0, 0.05) is 67.8 Å². The Labute approximate surface area is 284 Å². The lowest BCUT2D eigenvalue weighted by molar-refractivity contribution is -0.132. The minimum Gasteiger partial charge on any atom is -0.493 e. The SMILES string of the molecule is COc1cc2c(Oc3ccc(NC(=O)[C@@]4(C(=O)Nc5ccc(F)cc5)[C@H](C)[C@@H]4C)cc3F)ccnc2cc1OCCCN1CCN(C)CC1. The van der Waals surface area contributed by atoms with Crippen LogP contribution in [-0.2, 0) is 9.59 Å². The van der Waals surface area contributed by atoms with Crippen molar-refractivity contribution in [3.05, 3.63) is 78.5 Å². The number of fused-ring (bicyclic) bond motifs is 1. The van der Waals surface area contributed by atoms with E-state index in [4.69, 9.17) is 14.2 Å². The van der Waals surface area contributed by atoms with Gasteiger partial charge < -0.3 is 34.6 Å². The van der Waals surface area contributed by atoms with Crippen LogP contribution < -0.4 is 24.8 Å². The number of anilines is 2. The Balaban J connectivity index is 1.12. The minimum absolute atomic E-state index is 0.0642. The van der Waals surface area contributed by atoms with Crippen molar-refractivity contribution in [2.45, 2.75) is 20.3 Å². The molecule has 6 rings (SSSR count). The summed E-state index contributed by atoms with van der Waals surface area (Å²) in [4.78, 5) is 36.0. The fraction of sp³-hybridized carbons (Fsp3) is 0.378. The summed E-state index contributed by atoms with van der Waals surface area (Å²) in [6.45, 7) is 9.35. The number of carbonyl (C=O) groups is 2. The fourth-order valence-electron chi connectivity index (χ4n) is 6.52. The molecule has 2 amide bonds. The van der Waals surface area contributed by atoms with Crippen molar-refractivity contribution >= 4 is 34.1 Å². The number of methoxy groups -OCH3 is 1. The third-order valence-electron chi connectivity index (χ3n) is 9.80. The second-order valence-corrected chi connectivity index (χ2v) is 12.8. The largest absolute Gasteiger partial charge is 0.493 e. The first-order chi connectivity index (χ1) is 23.6. The number of nitrogens with zero attached hydrogens (tertiary/aromatic N) is 3. The van der Waals surface area contributed by atoms with Gasteiger partial charge in [-0.15, -0.1) is 0 Å². The van der Waals surface area contributed by atoms with Crippen molar-refractivity contribution < 1.29 is 32.6 Å². The predicted molar refractivity (Wildman–Crippen MR) is 183 cm³/mol. The van der Waals surface area contributed by atoms with Crippen LogP contribution in [0.3, 0.4) is 0 Å². The third kappa shape index (κ3) is 7.16. The molecule has 3 atom stereocenters. The van der Waals surface area contributed by atoms with Crippen molar-refractivity contribution in [1.82, 2.24) is 14.8 Å². The van der Waals surface area contributed by atoms with Gasteiger partial charge in [-0.25, -0.2) is 8.78 Å². The number of aromatic nitrogens is 1. The zero-order valence-corrected chi connectivity index (χ0v) is 28.1. The average Bonchev–Trinajstić information content (AvgIpc) is 3.65. The molecule has 1 saturated carbocycles. The van der Waals surface area contributed by atoms with Crippen molar-refractivity contribution in [2.24, 2.45) is 17.3 Å². The summed E-state index contributed by atoms with van der Waals surface area (Å²) in [6, 6.07) is 14.6. The van der Waals surface area contributed by atoms with Gasteiger partial charge in [0.1, 0.15) is 17.0 Å². The van der Waals surface area contributed by atoms with Crippen molar-refractivity contribution in [1.29, 1.82) is 0 Å². The lowest BCUT2D eigenvalue weighted by Crippen LogP contribution is -2.44.